The Bertz CT molecular complexity index is 1050. The van der Waals surface area contributed by atoms with Crippen LogP contribution in [-0.2, 0) is 35.8 Å². The van der Waals surface area contributed by atoms with Gasteiger partial charge >= 0.3 is 5.97 Å². The highest BCUT2D eigenvalue weighted by Gasteiger charge is 2.61. The van der Waals surface area contributed by atoms with Crippen molar-refractivity contribution in [3.8, 4) is 0 Å². The Kier molecular flexibility index (Phi) is 6.78. The van der Waals surface area contributed by atoms with Crippen LogP contribution in [0.4, 0.5) is 8.78 Å². The molecule has 1 fully saturated rings. The van der Waals surface area contributed by atoms with Crippen LogP contribution in [0, 0.1) is 11.6 Å². The van der Waals surface area contributed by atoms with E-state index in [0.29, 0.717) is 12.6 Å². The van der Waals surface area contributed by atoms with Gasteiger partial charge in [0.2, 0.25) is 0 Å². The predicted octanol–water partition coefficient (Wildman–Crippen LogP) is 3.01. The predicted molar refractivity (Wildman–Crippen MR) is 111 cm³/mol. The standard InChI is InChI=1S/C22H25F2NO5S/c1-15(2)30-31(27,28)20-13-25(12-16-7-5-4-6-8-16)14-22(20,21(26)29-3)18-10-9-17(23)11-19(18)24/h4-11,15,20H,12-14H2,1-3H3/t20-,22+/m1/s1. The highest BCUT2D eigenvalue weighted by atomic mass is 32.2. The molecule has 2 atom stereocenters. The molecule has 0 spiro atoms. The molecule has 3 rings (SSSR count). The van der Waals surface area contributed by atoms with Gasteiger partial charge < -0.3 is 4.74 Å². The molecule has 0 bridgehead atoms. The van der Waals surface area contributed by atoms with Crippen LogP contribution in [0.2, 0.25) is 0 Å². The largest absolute Gasteiger partial charge is 0.468 e. The molecule has 0 aromatic heterocycles. The molecule has 9 heteroatoms. The van der Waals surface area contributed by atoms with Gasteiger partial charge in [0, 0.05) is 31.3 Å². The number of esters is 1. The Labute approximate surface area is 180 Å². The zero-order valence-corrected chi connectivity index (χ0v) is 18.4. The van der Waals surface area contributed by atoms with Gasteiger partial charge in [0.05, 0.1) is 13.2 Å². The summed E-state index contributed by atoms with van der Waals surface area (Å²) in [5.41, 5.74) is -1.27. The van der Waals surface area contributed by atoms with Gasteiger partial charge in [-0.2, -0.15) is 8.42 Å². The molecule has 1 aliphatic heterocycles. The minimum Gasteiger partial charge on any atom is -0.468 e. The fourth-order valence-electron chi connectivity index (χ4n) is 4.14. The van der Waals surface area contributed by atoms with Gasteiger partial charge in [-0.25, -0.2) is 8.78 Å². The molecule has 2 aromatic rings. The molecule has 6 nitrogen and oxygen atoms in total. The van der Waals surface area contributed by atoms with Crippen molar-refractivity contribution in [2.75, 3.05) is 20.2 Å². The lowest BCUT2D eigenvalue weighted by Crippen LogP contribution is -2.51. The molecule has 0 unspecified atom stereocenters. The molecule has 1 aliphatic rings. The summed E-state index contributed by atoms with van der Waals surface area (Å²) in [4.78, 5) is 14.8. The van der Waals surface area contributed by atoms with E-state index in [-0.39, 0.29) is 18.7 Å². The van der Waals surface area contributed by atoms with E-state index in [4.69, 9.17) is 8.92 Å². The number of carbonyl (C=O) groups excluding carboxylic acids is 1. The molecule has 0 saturated carbocycles. The number of rotatable bonds is 7. The van der Waals surface area contributed by atoms with Gasteiger partial charge in [-0.15, -0.1) is 0 Å². The zero-order chi connectivity index (χ0) is 22.8. The zero-order valence-electron chi connectivity index (χ0n) is 17.5. The van der Waals surface area contributed by atoms with Crippen molar-refractivity contribution in [1.29, 1.82) is 0 Å². The second kappa shape index (κ2) is 9.02. The van der Waals surface area contributed by atoms with Crippen molar-refractivity contribution in [3.05, 3.63) is 71.3 Å². The molecule has 2 aromatic carbocycles. The summed E-state index contributed by atoms with van der Waals surface area (Å²) in [5.74, 6) is -2.77. The molecule has 1 saturated heterocycles. The monoisotopic (exact) mass is 453 g/mol. The van der Waals surface area contributed by atoms with Gasteiger partial charge in [0.15, 0.2) is 0 Å². The van der Waals surface area contributed by atoms with E-state index in [0.717, 1.165) is 24.8 Å². The van der Waals surface area contributed by atoms with Crippen LogP contribution in [-0.4, -0.2) is 50.8 Å². The van der Waals surface area contributed by atoms with E-state index in [1.807, 2.05) is 30.3 Å². The minimum atomic E-state index is -4.33. The highest BCUT2D eigenvalue weighted by Crippen LogP contribution is 2.42. The number of benzene rings is 2. The van der Waals surface area contributed by atoms with E-state index < -0.39 is 44.5 Å². The van der Waals surface area contributed by atoms with Gasteiger partial charge in [0.1, 0.15) is 22.3 Å². The average Bonchev–Trinajstić information content (AvgIpc) is 3.08. The van der Waals surface area contributed by atoms with Crippen LogP contribution in [0.5, 0.6) is 0 Å². The van der Waals surface area contributed by atoms with E-state index >= 15 is 0 Å². The lowest BCUT2D eigenvalue weighted by atomic mass is 9.78. The van der Waals surface area contributed by atoms with Crippen LogP contribution in [0.3, 0.4) is 0 Å². The van der Waals surface area contributed by atoms with Crippen molar-refractivity contribution in [2.24, 2.45) is 0 Å². The fraction of sp³-hybridized carbons (Fsp3) is 0.409. The van der Waals surface area contributed by atoms with Crippen LogP contribution in [0.15, 0.2) is 48.5 Å². The number of likely N-dealkylation sites (tertiary alicyclic amines) is 1. The highest BCUT2D eigenvalue weighted by molar-refractivity contribution is 7.87. The van der Waals surface area contributed by atoms with E-state index in [9.17, 15) is 22.0 Å². The maximum Gasteiger partial charge on any atom is 0.319 e. The van der Waals surface area contributed by atoms with Crippen LogP contribution >= 0.6 is 0 Å². The first-order valence-electron chi connectivity index (χ1n) is 9.82. The summed E-state index contributed by atoms with van der Waals surface area (Å²) in [7, 11) is -3.22. The maximum absolute atomic E-state index is 14.9. The minimum absolute atomic E-state index is 0.0874. The molecule has 0 N–H and O–H groups in total. The molecule has 1 heterocycles. The number of hydrogen-bond acceptors (Lipinski definition) is 6. The summed E-state index contributed by atoms with van der Waals surface area (Å²) >= 11 is 0. The quantitative estimate of drug-likeness (QED) is 0.474. The Morgan fingerprint density at radius 3 is 2.45 bits per heavy atom. The van der Waals surface area contributed by atoms with E-state index in [1.54, 1.807) is 18.7 Å². The van der Waals surface area contributed by atoms with E-state index in [1.165, 1.54) is 0 Å². The number of nitrogens with zero attached hydrogens (tertiary/aromatic N) is 1. The molecule has 0 radical (unpaired) electrons. The summed E-state index contributed by atoms with van der Waals surface area (Å²) in [5, 5.41) is -1.45. The molecular formula is C22H25F2NO5S. The Balaban J connectivity index is 2.16. The first-order chi connectivity index (χ1) is 14.6. The lowest BCUT2D eigenvalue weighted by Gasteiger charge is -2.32. The number of carbonyl (C=O) groups is 1. The van der Waals surface area contributed by atoms with Crippen molar-refractivity contribution >= 4 is 16.1 Å². The van der Waals surface area contributed by atoms with Crippen LogP contribution in [0.25, 0.3) is 0 Å². The summed E-state index contributed by atoms with van der Waals surface area (Å²) < 4.78 is 65.0. The molecule has 0 aliphatic carbocycles. The lowest BCUT2D eigenvalue weighted by molar-refractivity contribution is -0.147. The van der Waals surface area contributed by atoms with Gasteiger partial charge in [-0.05, 0) is 25.5 Å². The second-order valence-corrected chi connectivity index (χ2v) is 9.62. The van der Waals surface area contributed by atoms with Crippen molar-refractivity contribution in [3.63, 3.8) is 0 Å². The fourth-order valence-corrected chi connectivity index (χ4v) is 6.00. The number of methoxy groups -OCH3 is 1. The normalized spacial score (nSPS) is 22.1. The van der Waals surface area contributed by atoms with Crippen molar-refractivity contribution in [1.82, 2.24) is 4.90 Å². The SMILES string of the molecule is COC(=O)[C@]1(c2ccc(F)cc2F)CN(Cc2ccccc2)C[C@H]1S(=O)(=O)OC(C)C. The van der Waals surface area contributed by atoms with Gasteiger partial charge in [-0.1, -0.05) is 36.4 Å². The smallest absolute Gasteiger partial charge is 0.319 e. The van der Waals surface area contributed by atoms with Crippen molar-refractivity contribution < 1.29 is 30.9 Å². The summed E-state index contributed by atoms with van der Waals surface area (Å²) in [6.07, 6.45) is -0.679. The number of halogens is 2. The summed E-state index contributed by atoms with van der Waals surface area (Å²) in [6.45, 7) is 3.20. The average molecular weight is 454 g/mol. The third kappa shape index (κ3) is 4.63. The Morgan fingerprint density at radius 1 is 1.19 bits per heavy atom. The third-order valence-corrected chi connectivity index (χ3v) is 7.23. The molecule has 0 amide bonds. The van der Waals surface area contributed by atoms with Gasteiger partial charge in [-0.3, -0.25) is 13.9 Å². The van der Waals surface area contributed by atoms with E-state index in [2.05, 4.69) is 0 Å². The Morgan fingerprint density at radius 2 is 1.87 bits per heavy atom. The molecular weight excluding hydrogens is 428 g/mol. The number of hydrogen-bond donors (Lipinski definition) is 0. The number of ether oxygens (including phenoxy) is 1. The molecule has 168 valence electrons. The van der Waals surface area contributed by atoms with Crippen LogP contribution in [0.1, 0.15) is 25.0 Å². The topological polar surface area (TPSA) is 72.9 Å². The van der Waals surface area contributed by atoms with Crippen LogP contribution < -0.4 is 0 Å². The second-order valence-electron chi connectivity index (χ2n) is 7.87. The van der Waals surface area contributed by atoms with Crippen molar-refractivity contribution in [2.45, 2.75) is 37.2 Å². The first-order valence-corrected chi connectivity index (χ1v) is 11.3. The molecule has 31 heavy (non-hydrogen) atoms. The Hall–Kier alpha value is -2.36. The summed E-state index contributed by atoms with van der Waals surface area (Å²) in [6, 6.07) is 12.0. The first kappa shape index (κ1) is 23.3. The third-order valence-electron chi connectivity index (χ3n) is 5.33. The maximum atomic E-state index is 14.9. The van der Waals surface area contributed by atoms with Gasteiger partial charge in [0.25, 0.3) is 10.1 Å².